The fraction of sp³-hybridized carbons (Fsp3) is 0.385. The van der Waals surface area contributed by atoms with E-state index in [1.165, 1.54) is 0 Å². The molecule has 4 aromatic rings. The lowest BCUT2D eigenvalue weighted by Crippen LogP contribution is -2.28. The first kappa shape index (κ1) is 24.3. The molecule has 184 valence electrons. The number of hydrogen-bond acceptors (Lipinski definition) is 8. The molecular formula is C26H33N7O2. The predicted octanol–water partition coefficient (Wildman–Crippen LogP) is 5.63. The van der Waals surface area contributed by atoms with E-state index in [2.05, 4.69) is 25.8 Å². The molecule has 0 radical (unpaired) electrons. The van der Waals surface area contributed by atoms with Crippen LogP contribution in [0.2, 0.25) is 0 Å². The number of rotatable bonds is 6. The number of nitrogens with one attached hydrogen (secondary N) is 4. The van der Waals surface area contributed by atoms with Gasteiger partial charge in [0.15, 0.2) is 0 Å². The SMILES string of the molecule is CN/C(C)=C(/Nc1nc(C)nc2[nH]c3cc(-c4c(C)noc4C)c(OC)cc3c12)C(=N)C(C)(C)C. The Balaban J connectivity index is 1.98. The van der Waals surface area contributed by atoms with Crippen LogP contribution in [0.25, 0.3) is 33.1 Å². The molecule has 0 aliphatic carbocycles. The van der Waals surface area contributed by atoms with Crippen molar-refractivity contribution < 1.29 is 9.26 Å². The highest BCUT2D eigenvalue weighted by Crippen LogP contribution is 2.41. The van der Waals surface area contributed by atoms with Crippen molar-refractivity contribution in [2.45, 2.75) is 48.5 Å². The molecule has 3 aromatic heterocycles. The van der Waals surface area contributed by atoms with Crippen LogP contribution in [-0.4, -0.2) is 40.0 Å². The molecule has 0 spiro atoms. The van der Waals surface area contributed by atoms with Crippen LogP contribution in [0.1, 0.15) is 45.0 Å². The van der Waals surface area contributed by atoms with Crippen LogP contribution in [0.3, 0.4) is 0 Å². The Morgan fingerprint density at radius 1 is 1.14 bits per heavy atom. The van der Waals surface area contributed by atoms with E-state index in [0.717, 1.165) is 44.6 Å². The topological polar surface area (TPSA) is 125 Å². The van der Waals surface area contributed by atoms with Crippen LogP contribution in [0.5, 0.6) is 5.75 Å². The molecule has 0 amide bonds. The van der Waals surface area contributed by atoms with Crippen molar-refractivity contribution in [2.24, 2.45) is 5.41 Å². The number of benzene rings is 1. The molecule has 3 heterocycles. The van der Waals surface area contributed by atoms with Crippen molar-refractivity contribution in [1.29, 1.82) is 5.41 Å². The molecular weight excluding hydrogens is 442 g/mol. The van der Waals surface area contributed by atoms with Crippen LogP contribution in [0.4, 0.5) is 5.82 Å². The minimum absolute atomic E-state index is 0.353. The van der Waals surface area contributed by atoms with E-state index in [1.807, 2.05) is 67.6 Å². The summed E-state index contributed by atoms with van der Waals surface area (Å²) in [6, 6.07) is 4.02. The van der Waals surface area contributed by atoms with E-state index in [-0.39, 0.29) is 5.41 Å². The molecule has 4 N–H and O–H groups in total. The summed E-state index contributed by atoms with van der Waals surface area (Å²) in [7, 11) is 3.50. The summed E-state index contributed by atoms with van der Waals surface area (Å²) in [6.07, 6.45) is 0. The highest BCUT2D eigenvalue weighted by Gasteiger charge is 2.25. The van der Waals surface area contributed by atoms with E-state index >= 15 is 0 Å². The normalized spacial score (nSPS) is 12.7. The average Bonchev–Trinajstić information content (AvgIpc) is 3.32. The van der Waals surface area contributed by atoms with E-state index < -0.39 is 0 Å². The number of nitrogens with zero attached hydrogens (tertiary/aromatic N) is 3. The molecule has 0 aliphatic rings. The molecule has 9 heteroatoms. The van der Waals surface area contributed by atoms with Gasteiger partial charge in [-0.2, -0.15) is 0 Å². The standard InChI is InChI=1S/C26H33N7O2/c1-12-20(14(3)35-33-12)17-10-18-16(11-19(17)34-9)21-24(31-18)29-15(4)30-25(21)32-22(13(2)28-8)23(27)26(5,6)7/h10-11,27-28H,1-9H3,(H2,29,30,31,32)/b22-13+,27-23?. The van der Waals surface area contributed by atoms with E-state index in [9.17, 15) is 0 Å². The van der Waals surface area contributed by atoms with E-state index in [0.29, 0.717) is 34.4 Å². The highest BCUT2D eigenvalue weighted by molar-refractivity contribution is 6.14. The number of aromatic amines is 1. The maximum absolute atomic E-state index is 8.83. The zero-order valence-corrected chi connectivity index (χ0v) is 21.8. The number of ether oxygens (including phenoxy) is 1. The van der Waals surface area contributed by atoms with Gasteiger partial charge in [0.2, 0.25) is 0 Å². The van der Waals surface area contributed by atoms with Gasteiger partial charge in [0.05, 0.1) is 35.2 Å². The maximum Gasteiger partial charge on any atom is 0.144 e. The number of H-pyrrole nitrogens is 1. The first-order valence-electron chi connectivity index (χ1n) is 11.5. The fourth-order valence-electron chi connectivity index (χ4n) is 4.22. The largest absolute Gasteiger partial charge is 0.496 e. The summed E-state index contributed by atoms with van der Waals surface area (Å²) in [6.45, 7) is 13.7. The van der Waals surface area contributed by atoms with Crippen molar-refractivity contribution in [2.75, 3.05) is 19.5 Å². The first-order valence-corrected chi connectivity index (χ1v) is 11.5. The molecule has 0 saturated carbocycles. The smallest absolute Gasteiger partial charge is 0.144 e. The summed E-state index contributed by atoms with van der Waals surface area (Å²) in [5.74, 6) is 2.67. The summed E-state index contributed by atoms with van der Waals surface area (Å²) in [5.41, 5.74) is 5.87. The number of anilines is 1. The van der Waals surface area contributed by atoms with Crippen molar-refractivity contribution in [3.8, 4) is 16.9 Å². The molecule has 0 bridgehead atoms. The van der Waals surface area contributed by atoms with Crippen LogP contribution in [0, 0.1) is 31.6 Å². The number of aromatic nitrogens is 4. The molecule has 0 unspecified atom stereocenters. The van der Waals surface area contributed by atoms with Gasteiger partial charge in [-0.15, -0.1) is 0 Å². The Labute approximate surface area is 204 Å². The molecule has 1 aromatic carbocycles. The van der Waals surface area contributed by atoms with Crippen LogP contribution >= 0.6 is 0 Å². The minimum atomic E-state index is -0.353. The molecule has 35 heavy (non-hydrogen) atoms. The number of allylic oxidation sites excluding steroid dienone is 2. The van der Waals surface area contributed by atoms with Gasteiger partial charge in [0.1, 0.15) is 28.8 Å². The third-order valence-corrected chi connectivity index (χ3v) is 6.18. The second-order valence-electron chi connectivity index (χ2n) is 9.77. The van der Waals surface area contributed by atoms with Gasteiger partial charge in [-0.05, 0) is 39.8 Å². The quantitative estimate of drug-likeness (QED) is 0.266. The number of methoxy groups -OCH3 is 1. The van der Waals surface area contributed by atoms with Crippen LogP contribution < -0.4 is 15.4 Å². The predicted molar refractivity (Wildman–Crippen MR) is 140 cm³/mol. The lowest BCUT2D eigenvalue weighted by atomic mass is 9.87. The second kappa shape index (κ2) is 8.72. The van der Waals surface area contributed by atoms with Gasteiger partial charge in [-0.3, -0.25) is 0 Å². The Kier molecular flexibility index (Phi) is 6.04. The third kappa shape index (κ3) is 4.22. The minimum Gasteiger partial charge on any atom is -0.496 e. The van der Waals surface area contributed by atoms with Gasteiger partial charge < -0.3 is 30.3 Å². The zero-order chi connectivity index (χ0) is 25.7. The van der Waals surface area contributed by atoms with E-state index in [1.54, 1.807) is 7.11 Å². The average molecular weight is 476 g/mol. The third-order valence-electron chi connectivity index (χ3n) is 6.18. The van der Waals surface area contributed by atoms with Crippen LogP contribution in [0.15, 0.2) is 28.0 Å². The van der Waals surface area contributed by atoms with Crippen molar-refractivity contribution >= 4 is 33.5 Å². The maximum atomic E-state index is 8.83. The molecule has 0 atom stereocenters. The summed E-state index contributed by atoms with van der Waals surface area (Å²) in [5, 5.41) is 21.3. The van der Waals surface area contributed by atoms with Gasteiger partial charge in [0.25, 0.3) is 0 Å². The van der Waals surface area contributed by atoms with Gasteiger partial charge in [-0.1, -0.05) is 25.9 Å². The fourth-order valence-corrected chi connectivity index (χ4v) is 4.22. The van der Waals surface area contributed by atoms with Crippen molar-refractivity contribution in [3.63, 3.8) is 0 Å². The summed E-state index contributed by atoms with van der Waals surface area (Å²) >= 11 is 0. The van der Waals surface area contributed by atoms with Crippen LogP contribution in [-0.2, 0) is 0 Å². The lowest BCUT2D eigenvalue weighted by Gasteiger charge is -2.25. The molecule has 0 aliphatic heterocycles. The van der Waals surface area contributed by atoms with Gasteiger partial charge in [0, 0.05) is 34.6 Å². The Morgan fingerprint density at radius 3 is 2.43 bits per heavy atom. The number of hydrogen-bond donors (Lipinski definition) is 4. The molecule has 0 saturated heterocycles. The number of fused-ring (bicyclic) bond motifs is 3. The number of aryl methyl sites for hydroxylation is 3. The molecule has 0 fully saturated rings. The summed E-state index contributed by atoms with van der Waals surface area (Å²) < 4.78 is 11.2. The Hall–Kier alpha value is -3.88. The molecule has 4 rings (SSSR count). The monoisotopic (exact) mass is 475 g/mol. The van der Waals surface area contributed by atoms with E-state index in [4.69, 9.17) is 19.7 Å². The summed E-state index contributed by atoms with van der Waals surface area (Å²) in [4.78, 5) is 12.8. The second-order valence-corrected chi connectivity index (χ2v) is 9.77. The Bertz CT molecular complexity index is 1470. The van der Waals surface area contributed by atoms with Gasteiger partial charge in [-0.25, -0.2) is 9.97 Å². The zero-order valence-electron chi connectivity index (χ0n) is 21.8. The molecule has 9 nitrogen and oxygen atoms in total. The Morgan fingerprint density at radius 2 is 1.86 bits per heavy atom. The first-order chi connectivity index (χ1) is 16.5. The van der Waals surface area contributed by atoms with Crippen molar-refractivity contribution in [3.05, 3.63) is 40.8 Å². The van der Waals surface area contributed by atoms with Crippen molar-refractivity contribution in [1.82, 2.24) is 25.4 Å². The van der Waals surface area contributed by atoms with Gasteiger partial charge >= 0.3 is 0 Å². The highest BCUT2D eigenvalue weighted by atomic mass is 16.5. The lowest BCUT2D eigenvalue weighted by molar-refractivity contribution is 0.393.